The van der Waals surface area contributed by atoms with Crippen LogP contribution in [0.2, 0.25) is 5.02 Å². The van der Waals surface area contributed by atoms with Crippen LogP contribution in [-0.4, -0.2) is 4.21 Å². The summed E-state index contributed by atoms with van der Waals surface area (Å²) in [5.41, 5.74) is 0.992. The molecule has 0 spiro atoms. The topological polar surface area (TPSA) is 17.1 Å². The molecule has 0 aromatic heterocycles. The van der Waals surface area contributed by atoms with Gasteiger partial charge in [0.05, 0.1) is 5.38 Å². The molecule has 80 valence electrons. The van der Waals surface area contributed by atoms with Crippen molar-refractivity contribution in [3.8, 4) is 0 Å². The van der Waals surface area contributed by atoms with Crippen LogP contribution in [0, 0.1) is 0 Å². The van der Waals surface area contributed by atoms with E-state index in [0.29, 0.717) is 0 Å². The summed E-state index contributed by atoms with van der Waals surface area (Å²) in [6, 6.07) is 7.60. The lowest BCUT2D eigenvalue weighted by Crippen LogP contribution is -1.83. The van der Waals surface area contributed by atoms with Crippen LogP contribution >= 0.6 is 44.6 Å². The lowest BCUT2D eigenvalue weighted by atomic mass is 10.2. The van der Waals surface area contributed by atoms with Gasteiger partial charge in [-0.1, -0.05) is 29.8 Å². The van der Waals surface area contributed by atoms with E-state index in [1.54, 1.807) is 0 Å². The standard InChI is InChI=1S/C8H8Cl2.Cl2OS/c1-6(9)7-4-2-3-5-8(7)10;1-4(2)3/h2-6H,1H3;. The van der Waals surface area contributed by atoms with E-state index in [-0.39, 0.29) is 5.38 Å². The predicted octanol–water partition coefficient (Wildman–Crippen LogP) is 4.68. The fraction of sp³-hybridized carbons (Fsp3) is 0.250. The largest absolute Gasteiger partial charge is 0.225 e. The monoisotopic (exact) mass is 292 g/mol. The van der Waals surface area contributed by atoms with Crippen LogP contribution in [0.5, 0.6) is 0 Å². The molecule has 0 amide bonds. The summed E-state index contributed by atoms with van der Waals surface area (Å²) in [4.78, 5) is 0. The van der Waals surface area contributed by atoms with Gasteiger partial charge in [0, 0.05) is 26.4 Å². The van der Waals surface area contributed by atoms with Crippen molar-refractivity contribution in [2.45, 2.75) is 12.3 Å². The third-order valence-corrected chi connectivity index (χ3v) is 1.91. The van der Waals surface area contributed by atoms with E-state index in [4.69, 9.17) is 27.4 Å². The minimum absolute atomic E-state index is 0.00583. The van der Waals surface area contributed by atoms with Crippen molar-refractivity contribution in [2.24, 2.45) is 0 Å². The fourth-order valence-electron chi connectivity index (χ4n) is 0.798. The van der Waals surface area contributed by atoms with Crippen LogP contribution in [0.4, 0.5) is 0 Å². The van der Waals surface area contributed by atoms with Crippen molar-refractivity contribution >= 4 is 53.8 Å². The number of rotatable bonds is 1. The smallest absolute Gasteiger partial charge is 0.211 e. The molecule has 1 aromatic carbocycles. The number of alkyl halides is 1. The highest BCUT2D eigenvalue weighted by Crippen LogP contribution is 2.26. The average molecular weight is 294 g/mol. The fourth-order valence-corrected chi connectivity index (χ4v) is 1.34. The maximum absolute atomic E-state index is 9.09. The molecule has 0 radical (unpaired) electrons. The van der Waals surface area contributed by atoms with Gasteiger partial charge in [-0.15, -0.1) is 11.6 Å². The van der Waals surface area contributed by atoms with E-state index in [2.05, 4.69) is 21.4 Å². The summed E-state index contributed by atoms with van der Waals surface area (Å²) in [6.45, 7) is 1.91. The first-order valence-electron chi connectivity index (χ1n) is 3.58. The Morgan fingerprint density at radius 2 is 1.71 bits per heavy atom. The van der Waals surface area contributed by atoms with Crippen molar-refractivity contribution < 1.29 is 4.21 Å². The molecule has 6 heteroatoms. The Bertz CT molecular complexity index is 299. The molecule has 0 aliphatic rings. The van der Waals surface area contributed by atoms with Gasteiger partial charge < -0.3 is 0 Å². The second-order valence-electron chi connectivity index (χ2n) is 2.32. The summed E-state index contributed by atoms with van der Waals surface area (Å²) in [6.07, 6.45) is 0. The van der Waals surface area contributed by atoms with E-state index in [1.807, 2.05) is 31.2 Å². The van der Waals surface area contributed by atoms with Gasteiger partial charge in [-0.25, -0.2) is 4.21 Å². The third kappa shape index (κ3) is 6.91. The van der Waals surface area contributed by atoms with Gasteiger partial charge in [-0.2, -0.15) is 0 Å². The zero-order valence-corrected chi connectivity index (χ0v) is 11.1. The first kappa shape index (κ1) is 14.5. The van der Waals surface area contributed by atoms with E-state index >= 15 is 0 Å². The molecule has 1 unspecified atom stereocenters. The van der Waals surface area contributed by atoms with Gasteiger partial charge in [0.2, 0.25) is 9.23 Å². The molecule has 14 heavy (non-hydrogen) atoms. The van der Waals surface area contributed by atoms with Gasteiger partial charge in [-0.05, 0) is 18.6 Å². The zero-order chi connectivity index (χ0) is 11.1. The second-order valence-corrected chi connectivity index (χ2v) is 5.91. The van der Waals surface area contributed by atoms with Crippen LogP contribution in [0.3, 0.4) is 0 Å². The predicted molar refractivity (Wildman–Crippen MR) is 65.6 cm³/mol. The highest BCUT2D eigenvalue weighted by molar-refractivity contribution is 8.26. The molecule has 0 saturated heterocycles. The number of hydrogen-bond donors (Lipinski definition) is 0. The zero-order valence-electron chi connectivity index (χ0n) is 7.22. The Kier molecular flexibility index (Phi) is 8.07. The Morgan fingerprint density at radius 1 is 1.29 bits per heavy atom. The molecule has 1 rings (SSSR count). The van der Waals surface area contributed by atoms with Crippen LogP contribution in [0.15, 0.2) is 24.3 Å². The Hall–Kier alpha value is 0.530. The summed E-state index contributed by atoms with van der Waals surface area (Å²) in [5, 5.41) is 0.735. The Morgan fingerprint density at radius 3 is 2.00 bits per heavy atom. The summed E-state index contributed by atoms with van der Waals surface area (Å²) >= 11 is 11.7. The lowest BCUT2D eigenvalue weighted by molar-refractivity contribution is 0.698. The minimum Gasteiger partial charge on any atom is -0.225 e. The SMILES string of the molecule is CC(Cl)c1ccccc1Cl.O=S(Cl)Cl. The molecule has 0 heterocycles. The highest BCUT2D eigenvalue weighted by atomic mass is 36.0. The van der Waals surface area contributed by atoms with Crippen molar-refractivity contribution in [3.63, 3.8) is 0 Å². The molecule has 0 aliphatic heterocycles. The summed E-state index contributed by atoms with van der Waals surface area (Å²) < 4.78 is 9.09. The molecular formula is C8H8Cl4OS. The van der Waals surface area contributed by atoms with Crippen molar-refractivity contribution in [3.05, 3.63) is 34.9 Å². The van der Waals surface area contributed by atoms with Gasteiger partial charge in [0.15, 0.2) is 0 Å². The lowest BCUT2D eigenvalue weighted by Gasteiger charge is -2.03. The van der Waals surface area contributed by atoms with Crippen LogP contribution in [0.1, 0.15) is 17.9 Å². The van der Waals surface area contributed by atoms with Gasteiger partial charge in [-0.3, -0.25) is 0 Å². The summed E-state index contributed by atoms with van der Waals surface area (Å²) in [5.74, 6) is 0. The Balaban J connectivity index is 0.000000364. The van der Waals surface area contributed by atoms with E-state index in [1.165, 1.54) is 0 Å². The molecule has 1 atom stereocenters. The molecule has 0 aliphatic carbocycles. The molecule has 0 N–H and O–H groups in total. The first-order valence-corrected chi connectivity index (χ1v) is 7.19. The summed E-state index contributed by atoms with van der Waals surface area (Å²) in [7, 11) is 7.36. The normalized spacial score (nSPS) is 11.9. The molecule has 1 nitrogen and oxygen atoms in total. The molecular weight excluding hydrogens is 286 g/mol. The van der Waals surface area contributed by atoms with Crippen molar-refractivity contribution in [1.29, 1.82) is 0 Å². The number of benzene rings is 1. The minimum atomic E-state index is -1.67. The quantitative estimate of drug-likeness (QED) is 0.543. The van der Waals surface area contributed by atoms with Gasteiger partial charge in [0.25, 0.3) is 0 Å². The van der Waals surface area contributed by atoms with Gasteiger partial charge in [0.1, 0.15) is 0 Å². The maximum Gasteiger partial charge on any atom is 0.211 e. The van der Waals surface area contributed by atoms with Gasteiger partial charge >= 0.3 is 0 Å². The van der Waals surface area contributed by atoms with E-state index in [0.717, 1.165) is 10.6 Å². The number of halogens is 4. The Labute approximate surface area is 105 Å². The van der Waals surface area contributed by atoms with Crippen molar-refractivity contribution in [1.82, 2.24) is 0 Å². The molecule has 1 aromatic rings. The second kappa shape index (κ2) is 7.77. The molecule has 0 bridgehead atoms. The first-order chi connectivity index (χ1) is 6.45. The average Bonchev–Trinajstić information content (AvgIpc) is 2.03. The van der Waals surface area contributed by atoms with E-state index < -0.39 is 9.23 Å². The maximum atomic E-state index is 9.09. The van der Waals surface area contributed by atoms with Crippen LogP contribution < -0.4 is 0 Å². The highest BCUT2D eigenvalue weighted by Gasteiger charge is 2.03. The molecule has 0 fully saturated rings. The van der Waals surface area contributed by atoms with Crippen LogP contribution in [-0.2, 0) is 9.23 Å². The number of hydrogen-bond acceptors (Lipinski definition) is 1. The van der Waals surface area contributed by atoms with E-state index in [9.17, 15) is 0 Å². The van der Waals surface area contributed by atoms with Crippen LogP contribution in [0.25, 0.3) is 0 Å². The van der Waals surface area contributed by atoms with Crippen molar-refractivity contribution in [2.75, 3.05) is 0 Å². The molecule has 0 saturated carbocycles. The third-order valence-electron chi connectivity index (χ3n) is 1.33.